The Morgan fingerprint density at radius 2 is 1.53 bits per heavy atom. The van der Waals surface area contributed by atoms with E-state index in [0.29, 0.717) is 5.56 Å². The third-order valence-corrected chi connectivity index (χ3v) is 3.50. The second-order valence-corrected chi connectivity index (χ2v) is 4.79. The number of carbonyl (C=O) groups excluding carboxylic acids is 1. The minimum absolute atomic E-state index is 0.0291. The van der Waals surface area contributed by atoms with Crippen molar-refractivity contribution in [3.8, 4) is 0 Å². The van der Waals surface area contributed by atoms with Gasteiger partial charge in [0, 0.05) is 16.0 Å². The molecule has 2 rings (SSSR count). The van der Waals surface area contributed by atoms with Crippen LogP contribution in [0.25, 0.3) is 0 Å². The first-order chi connectivity index (χ1) is 9.13. The van der Waals surface area contributed by atoms with Crippen LogP contribution in [0.3, 0.4) is 0 Å². The molecule has 0 bridgehead atoms. The average Bonchev–Trinajstić information content (AvgIpc) is 2.46. The van der Waals surface area contributed by atoms with E-state index in [0.717, 1.165) is 4.90 Å². The summed E-state index contributed by atoms with van der Waals surface area (Å²) in [6.07, 6.45) is 1.95. The summed E-state index contributed by atoms with van der Waals surface area (Å²) in [7, 11) is 0. The molecule has 0 aliphatic rings. The van der Waals surface area contributed by atoms with Crippen LogP contribution in [0.5, 0.6) is 0 Å². The Hall–Kier alpha value is -2.07. The number of carboxylic acids is 1. The number of carboxylic acid groups (broad SMARTS) is 1. The summed E-state index contributed by atoms with van der Waals surface area (Å²) in [6, 6.07) is 13.4. The van der Waals surface area contributed by atoms with Crippen molar-refractivity contribution in [2.45, 2.75) is 4.90 Å². The summed E-state index contributed by atoms with van der Waals surface area (Å²) in [5.41, 5.74) is 0.736. The van der Waals surface area contributed by atoms with Crippen molar-refractivity contribution in [3.63, 3.8) is 0 Å². The number of benzene rings is 2. The lowest BCUT2D eigenvalue weighted by Crippen LogP contribution is -2.09. The van der Waals surface area contributed by atoms with Crippen LogP contribution >= 0.6 is 11.8 Å². The third kappa shape index (κ3) is 2.85. The lowest BCUT2D eigenvalue weighted by Gasteiger charge is -2.05. The molecular weight excluding hydrogens is 260 g/mol. The molecule has 0 amide bonds. The second-order valence-electron chi connectivity index (χ2n) is 3.91. The van der Waals surface area contributed by atoms with Gasteiger partial charge in [0.2, 0.25) is 0 Å². The predicted molar refractivity (Wildman–Crippen MR) is 75.1 cm³/mol. The fraction of sp³-hybridized carbons (Fsp3) is 0.0667. The molecule has 0 radical (unpaired) electrons. The smallest absolute Gasteiger partial charge is 0.336 e. The summed E-state index contributed by atoms with van der Waals surface area (Å²) in [5.74, 6) is -1.37. The Kier molecular flexibility index (Phi) is 4.02. The first-order valence-electron chi connectivity index (χ1n) is 5.64. The van der Waals surface area contributed by atoms with Crippen LogP contribution in [0.4, 0.5) is 0 Å². The van der Waals surface area contributed by atoms with Crippen LogP contribution in [-0.2, 0) is 0 Å². The lowest BCUT2D eigenvalue weighted by atomic mass is 9.98. The zero-order valence-corrected chi connectivity index (χ0v) is 11.1. The maximum atomic E-state index is 12.3. The molecule has 0 aromatic heterocycles. The molecule has 3 nitrogen and oxygen atoms in total. The molecule has 0 saturated heterocycles. The van der Waals surface area contributed by atoms with Crippen LogP contribution < -0.4 is 0 Å². The lowest BCUT2D eigenvalue weighted by molar-refractivity contribution is 0.0693. The SMILES string of the molecule is CSc1ccc(C(=O)c2ccccc2C(=O)O)cc1. The first-order valence-corrected chi connectivity index (χ1v) is 6.87. The molecule has 0 aliphatic heterocycles. The van der Waals surface area contributed by atoms with E-state index >= 15 is 0 Å². The van der Waals surface area contributed by atoms with E-state index in [2.05, 4.69) is 0 Å². The van der Waals surface area contributed by atoms with Gasteiger partial charge in [-0.3, -0.25) is 4.79 Å². The van der Waals surface area contributed by atoms with Gasteiger partial charge >= 0.3 is 5.97 Å². The molecule has 1 N–H and O–H groups in total. The highest BCUT2D eigenvalue weighted by Gasteiger charge is 2.16. The summed E-state index contributed by atoms with van der Waals surface area (Å²) in [4.78, 5) is 24.5. The van der Waals surface area contributed by atoms with Gasteiger partial charge < -0.3 is 5.11 Å². The molecule has 0 fully saturated rings. The molecule has 0 aliphatic carbocycles. The van der Waals surface area contributed by atoms with Crippen molar-refractivity contribution >= 4 is 23.5 Å². The van der Waals surface area contributed by atoms with Crippen LogP contribution in [-0.4, -0.2) is 23.1 Å². The Bertz CT molecular complexity index is 618. The Balaban J connectivity index is 2.41. The monoisotopic (exact) mass is 272 g/mol. The average molecular weight is 272 g/mol. The van der Waals surface area contributed by atoms with Gasteiger partial charge in [-0.1, -0.05) is 18.2 Å². The zero-order valence-electron chi connectivity index (χ0n) is 10.3. The van der Waals surface area contributed by atoms with Crippen molar-refractivity contribution in [1.29, 1.82) is 0 Å². The van der Waals surface area contributed by atoms with Gasteiger partial charge in [-0.2, -0.15) is 0 Å². The van der Waals surface area contributed by atoms with Crippen LogP contribution in [0.2, 0.25) is 0 Å². The maximum absolute atomic E-state index is 12.3. The normalized spacial score (nSPS) is 10.2. The van der Waals surface area contributed by atoms with E-state index in [4.69, 9.17) is 5.11 Å². The first kappa shape index (κ1) is 13.4. The van der Waals surface area contributed by atoms with Crippen molar-refractivity contribution in [2.75, 3.05) is 6.26 Å². The summed E-state index contributed by atoms with van der Waals surface area (Å²) in [5, 5.41) is 9.09. The van der Waals surface area contributed by atoms with Crippen LogP contribution in [0.15, 0.2) is 53.4 Å². The largest absolute Gasteiger partial charge is 0.478 e. The number of carbonyl (C=O) groups is 2. The fourth-order valence-electron chi connectivity index (χ4n) is 1.77. The fourth-order valence-corrected chi connectivity index (χ4v) is 2.17. The standard InChI is InChI=1S/C15H12O3S/c1-19-11-8-6-10(7-9-11)14(16)12-4-2-3-5-13(12)15(17)18/h2-9H,1H3,(H,17,18). The van der Waals surface area contributed by atoms with Gasteiger partial charge in [-0.05, 0) is 36.6 Å². The second kappa shape index (κ2) is 5.71. The van der Waals surface area contributed by atoms with Gasteiger partial charge in [0.1, 0.15) is 0 Å². The van der Waals surface area contributed by atoms with Crippen LogP contribution in [0, 0.1) is 0 Å². The van der Waals surface area contributed by atoms with E-state index in [1.54, 1.807) is 36.0 Å². The van der Waals surface area contributed by atoms with E-state index < -0.39 is 5.97 Å². The zero-order chi connectivity index (χ0) is 13.8. The molecule has 2 aromatic rings. The molecule has 0 spiro atoms. The van der Waals surface area contributed by atoms with Crippen molar-refractivity contribution in [1.82, 2.24) is 0 Å². The summed E-state index contributed by atoms with van der Waals surface area (Å²) >= 11 is 1.59. The molecule has 0 atom stereocenters. The number of hydrogen-bond acceptors (Lipinski definition) is 3. The molecule has 0 unspecified atom stereocenters. The number of rotatable bonds is 4. The predicted octanol–water partition coefficient (Wildman–Crippen LogP) is 3.34. The highest BCUT2D eigenvalue weighted by molar-refractivity contribution is 7.98. The Labute approximate surface area is 115 Å². The number of ketones is 1. The Morgan fingerprint density at radius 1 is 0.947 bits per heavy atom. The van der Waals surface area contributed by atoms with E-state index in [-0.39, 0.29) is 16.9 Å². The molecule has 2 aromatic carbocycles. The third-order valence-electron chi connectivity index (χ3n) is 2.75. The summed E-state index contributed by atoms with van der Waals surface area (Å²) < 4.78 is 0. The molecular formula is C15H12O3S. The van der Waals surface area contributed by atoms with Crippen molar-refractivity contribution in [3.05, 3.63) is 65.2 Å². The summed E-state index contributed by atoms with van der Waals surface area (Å²) in [6.45, 7) is 0. The van der Waals surface area contributed by atoms with E-state index in [1.165, 1.54) is 12.1 Å². The highest BCUT2D eigenvalue weighted by Crippen LogP contribution is 2.18. The molecule has 4 heteroatoms. The van der Waals surface area contributed by atoms with Crippen molar-refractivity contribution in [2.24, 2.45) is 0 Å². The number of thioether (sulfide) groups is 1. The van der Waals surface area contributed by atoms with Gasteiger partial charge in [-0.25, -0.2) is 4.79 Å². The quantitative estimate of drug-likeness (QED) is 0.685. The molecule has 0 heterocycles. The van der Waals surface area contributed by atoms with Gasteiger partial charge in [-0.15, -0.1) is 11.8 Å². The van der Waals surface area contributed by atoms with Gasteiger partial charge in [0.15, 0.2) is 5.78 Å². The number of hydrogen-bond donors (Lipinski definition) is 1. The van der Waals surface area contributed by atoms with Gasteiger partial charge in [0.05, 0.1) is 5.56 Å². The van der Waals surface area contributed by atoms with Crippen LogP contribution in [0.1, 0.15) is 26.3 Å². The van der Waals surface area contributed by atoms with E-state index in [1.807, 2.05) is 18.4 Å². The van der Waals surface area contributed by atoms with E-state index in [9.17, 15) is 9.59 Å². The molecule has 19 heavy (non-hydrogen) atoms. The topological polar surface area (TPSA) is 54.4 Å². The van der Waals surface area contributed by atoms with Crippen molar-refractivity contribution < 1.29 is 14.7 Å². The Morgan fingerprint density at radius 3 is 2.05 bits per heavy atom. The minimum Gasteiger partial charge on any atom is -0.478 e. The molecule has 0 saturated carbocycles. The molecule has 96 valence electrons. The minimum atomic E-state index is -1.09. The number of aromatic carboxylic acids is 1. The highest BCUT2D eigenvalue weighted by atomic mass is 32.2. The van der Waals surface area contributed by atoms with Gasteiger partial charge in [0.25, 0.3) is 0 Å². The maximum Gasteiger partial charge on any atom is 0.336 e.